The van der Waals surface area contributed by atoms with Crippen molar-refractivity contribution >= 4 is 47.3 Å². The highest BCUT2D eigenvalue weighted by Gasteiger charge is 2.11. The van der Waals surface area contributed by atoms with Gasteiger partial charge in [-0.2, -0.15) is 12.6 Å². The second-order valence-corrected chi connectivity index (χ2v) is 13.5. The largest absolute Gasteiger partial charge is 0.179 e. The van der Waals surface area contributed by atoms with Crippen LogP contribution in [0.4, 0.5) is 0 Å². The molecule has 0 nitrogen and oxygen atoms in total. The first-order valence-electron chi connectivity index (χ1n) is 16.3. The molecule has 0 aromatic heterocycles. The van der Waals surface area contributed by atoms with E-state index >= 15 is 0 Å². The van der Waals surface area contributed by atoms with Crippen LogP contribution < -0.4 is 10.4 Å². The van der Waals surface area contributed by atoms with E-state index in [1.165, 1.54) is 161 Å². The van der Waals surface area contributed by atoms with Gasteiger partial charge in [0.05, 0.1) is 0 Å². The minimum Gasteiger partial charge on any atom is -0.179 e. The normalized spacial score (nSPS) is 13.7. The lowest BCUT2D eigenvalue weighted by molar-refractivity contribution is 0.524. The SMILES string of the molecule is CCCC(CCCCCCCCCCCCCCCCCCS)Sc1ccc2ccc3c(c2c1)=CCCC=3. The molecule has 1 aliphatic carbocycles. The van der Waals surface area contributed by atoms with Crippen molar-refractivity contribution in [2.75, 3.05) is 5.75 Å². The molecule has 0 N–H and O–H groups in total. The van der Waals surface area contributed by atoms with E-state index in [1.54, 1.807) is 0 Å². The number of hydrogen-bond acceptors (Lipinski definition) is 2. The summed E-state index contributed by atoms with van der Waals surface area (Å²) in [5.41, 5.74) is 0. The van der Waals surface area contributed by atoms with Crippen molar-refractivity contribution in [3.63, 3.8) is 0 Å². The van der Waals surface area contributed by atoms with Crippen molar-refractivity contribution in [2.24, 2.45) is 0 Å². The van der Waals surface area contributed by atoms with Gasteiger partial charge in [0.15, 0.2) is 0 Å². The molecule has 0 amide bonds. The van der Waals surface area contributed by atoms with Crippen LogP contribution in [0, 0.1) is 0 Å². The van der Waals surface area contributed by atoms with E-state index in [0.717, 1.165) is 11.0 Å². The highest BCUT2D eigenvalue weighted by molar-refractivity contribution is 8.00. The maximum absolute atomic E-state index is 4.29. The monoisotopic (exact) mass is 552 g/mol. The summed E-state index contributed by atoms with van der Waals surface area (Å²) in [6.45, 7) is 2.35. The average molecular weight is 553 g/mol. The molecule has 0 saturated heterocycles. The van der Waals surface area contributed by atoms with E-state index in [1.807, 2.05) is 0 Å². The highest BCUT2D eigenvalue weighted by atomic mass is 32.2. The van der Waals surface area contributed by atoms with Crippen LogP contribution in [0.2, 0.25) is 0 Å². The Morgan fingerprint density at radius 2 is 1.21 bits per heavy atom. The number of thioether (sulfide) groups is 1. The van der Waals surface area contributed by atoms with Gasteiger partial charge in [-0.1, -0.05) is 140 Å². The Morgan fingerprint density at radius 1 is 0.658 bits per heavy atom. The third-order valence-electron chi connectivity index (χ3n) is 8.30. The number of thiol groups is 1. The van der Waals surface area contributed by atoms with Gasteiger partial charge >= 0.3 is 0 Å². The molecular weight excluding hydrogens is 497 g/mol. The number of hydrogen-bond donors (Lipinski definition) is 1. The van der Waals surface area contributed by atoms with Gasteiger partial charge in [0.25, 0.3) is 0 Å². The molecule has 1 unspecified atom stereocenters. The lowest BCUT2D eigenvalue weighted by Gasteiger charge is -2.16. The van der Waals surface area contributed by atoms with Crippen LogP contribution in [0.25, 0.3) is 22.9 Å². The first-order valence-corrected chi connectivity index (χ1v) is 17.8. The summed E-state index contributed by atoms with van der Waals surface area (Å²) in [6, 6.07) is 11.8. The zero-order chi connectivity index (χ0) is 26.7. The van der Waals surface area contributed by atoms with Crippen LogP contribution in [-0.4, -0.2) is 11.0 Å². The van der Waals surface area contributed by atoms with Crippen LogP contribution in [0.5, 0.6) is 0 Å². The van der Waals surface area contributed by atoms with Gasteiger partial charge in [-0.05, 0) is 71.2 Å². The Hall–Kier alpha value is -0.860. The predicted octanol–water partition coefficient (Wildman–Crippen LogP) is 11.0. The summed E-state index contributed by atoms with van der Waals surface area (Å²) in [6.07, 6.45) is 34.1. The van der Waals surface area contributed by atoms with Crippen molar-refractivity contribution < 1.29 is 0 Å². The van der Waals surface area contributed by atoms with Crippen molar-refractivity contribution in [2.45, 2.75) is 152 Å². The van der Waals surface area contributed by atoms with Gasteiger partial charge in [0.2, 0.25) is 0 Å². The third-order valence-corrected chi connectivity index (χ3v) is 9.94. The first kappa shape index (κ1) is 31.7. The summed E-state index contributed by atoms with van der Waals surface area (Å²) < 4.78 is 0. The summed E-state index contributed by atoms with van der Waals surface area (Å²) in [7, 11) is 0. The molecule has 38 heavy (non-hydrogen) atoms. The van der Waals surface area contributed by atoms with Gasteiger partial charge in [-0.15, -0.1) is 11.8 Å². The van der Waals surface area contributed by atoms with Crippen LogP contribution in [0.1, 0.15) is 142 Å². The maximum atomic E-state index is 4.29. The highest BCUT2D eigenvalue weighted by Crippen LogP contribution is 2.31. The lowest BCUT2D eigenvalue weighted by atomic mass is 10.0. The molecule has 0 spiro atoms. The van der Waals surface area contributed by atoms with Crippen LogP contribution in [-0.2, 0) is 0 Å². The first-order chi connectivity index (χ1) is 18.8. The predicted molar refractivity (Wildman–Crippen MR) is 178 cm³/mol. The topological polar surface area (TPSA) is 0 Å². The quantitative estimate of drug-likeness (QED) is 0.0861. The van der Waals surface area contributed by atoms with Crippen molar-refractivity contribution in [3.05, 3.63) is 40.8 Å². The summed E-state index contributed by atoms with van der Waals surface area (Å²) >= 11 is 6.43. The molecule has 0 heterocycles. The van der Waals surface area contributed by atoms with Gasteiger partial charge in [-0.3, -0.25) is 0 Å². The van der Waals surface area contributed by atoms with E-state index in [9.17, 15) is 0 Å². The zero-order valence-corrected chi connectivity index (χ0v) is 26.2. The Labute approximate surface area is 244 Å². The van der Waals surface area contributed by atoms with E-state index in [-0.39, 0.29) is 0 Å². The second kappa shape index (κ2) is 20.1. The second-order valence-electron chi connectivity index (χ2n) is 11.6. The van der Waals surface area contributed by atoms with E-state index in [2.05, 4.69) is 73.8 Å². The molecule has 0 radical (unpaired) electrons. The molecule has 0 saturated carbocycles. The summed E-state index contributed by atoms with van der Waals surface area (Å²) in [5.74, 6) is 1.06. The van der Waals surface area contributed by atoms with E-state index < -0.39 is 0 Å². The van der Waals surface area contributed by atoms with Gasteiger partial charge in [0, 0.05) is 10.1 Å². The molecule has 2 aromatic rings. The van der Waals surface area contributed by atoms with Crippen molar-refractivity contribution in [1.82, 2.24) is 0 Å². The Bertz CT molecular complexity index is 1010. The van der Waals surface area contributed by atoms with Crippen LogP contribution in [0.15, 0.2) is 35.2 Å². The smallest absolute Gasteiger partial charge is 0.00943 e. The summed E-state index contributed by atoms with van der Waals surface area (Å²) in [4.78, 5) is 1.47. The molecule has 1 aliphatic rings. The number of benzene rings is 2. The molecule has 1 atom stereocenters. The third kappa shape index (κ3) is 12.1. The standard InChI is InChI=1S/C36H56S2/c1-2-21-33(38-34-28-27-32-26-25-31-22-18-19-24-35(31)36(32)30-34)23-17-15-13-11-9-7-5-3-4-6-8-10-12-14-16-20-29-37/h22,24-28,30,33,37H,2-21,23,29H2,1H3. The zero-order valence-electron chi connectivity index (χ0n) is 24.5. The Kier molecular flexibility index (Phi) is 16.7. The van der Waals surface area contributed by atoms with Gasteiger partial charge in [0.1, 0.15) is 0 Å². The molecule has 2 aromatic carbocycles. The van der Waals surface area contributed by atoms with Gasteiger partial charge in [-0.25, -0.2) is 0 Å². The Morgan fingerprint density at radius 3 is 1.82 bits per heavy atom. The molecular formula is C36H56S2. The fourth-order valence-electron chi connectivity index (χ4n) is 6.02. The van der Waals surface area contributed by atoms with Crippen LogP contribution in [0.3, 0.4) is 0 Å². The number of rotatable bonds is 22. The van der Waals surface area contributed by atoms with E-state index in [4.69, 9.17) is 0 Å². The molecule has 212 valence electrons. The van der Waals surface area contributed by atoms with Crippen LogP contribution >= 0.6 is 24.4 Å². The van der Waals surface area contributed by atoms with Crippen molar-refractivity contribution in [3.8, 4) is 0 Å². The minimum absolute atomic E-state index is 0.764. The lowest BCUT2D eigenvalue weighted by Crippen LogP contribution is -2.27. The molecule has 2 heteroatoms. The fourth-order valence-corrected chi connectivity index (χ4v) is 7.60. The summed E-state index contributed by atoms with van der Waals surface area (Å²) in [5, 5.41) is 6.50. The molecule has 0 aliphatic heterocycles. The average Bonchev–Trinajstić information content (AvgIpc) is 2.94. The van der Waals surface area contributed by atoms with E-state index in [0.29, 0.717) is 0 Å². The van der Waals surface area contributed by atoms with Crippen molar-refractivity contribution in [1.29, 1.82) is 0 Å². The van der Waals surface area contributed by atoms with Gasteiger partial charge < -0.3 is 0 Å². The molecule has 0 bridgehead atoms. The Balaban J connectivity index is 1.24. The minimum atomic E-state index is 0.764. The molecule has 0 fully saturated rings. The maximum Gasteiger partial charge on any atom is 0.00943 e. The number of unbranched alkanes of at least 4 members (excludes halogenated alkanes) is 15. The fraction of sp³-hybridized carbons (Fsp3) is 0.667. The number of fused-ring (bicyclic) bond motifs is 3. The molecule has 3 rings (SSSR count).